The van der Waals surface area contributed by atoms with Gasteiger partial charge in [-0.3, -0.25) is 4.79 Å². The Kier molecular flexibility index (Phi) is 3.28. The zero-order valence-electron chi connectivity index (χ0n) is 9.11. The van der Waals surface area contributed by atoms with Crippen LogP contribution in [0.3, 0.4) is 0 Å². The van der Waals surface area contributed by atoms with Crippen molar-refractivity contribution in [3.63, 3.8) is 0 Å². The molecule has 6 nitrogen and oxygen atoms in total. The smallest absolute Gasteiger partial charge is 0.414 e. The second-order valence-corrected chi connectivity index (χ2v) is 5.02. The van der Waals surface area contributed by atoms with Crippen molar-refractivity contribution in [3.8, 4) is 0 Å². The summed E-state index contributed by atoms with van der Waals surface area (Å²) in [6.07, 6.45) is 2.34. The van der Waals surface area contributed by atoms with Gasteiger partial charge in [0.05, 0.1) is 6.04 Å². The van der Waals surface area contributed by atoms with E-state index in [2.05, 4.69) is 9.97 Å². The first kappa shape index (κ1) is 11.8. The minimum atomic E-state index is -1.19. The first-order valence-corrected chi connectivity index (χ1v) is 5.96. The number of β-lactam (4-membered cyclic amide) rings is 1. The summed E-state index contributed by atoms with van der Waals surface area (Å²) in [5.74, 6) is -0.344. The van der Waals surface area contributed by atoms with E-state index in [1.165, 1.54) is 11.8 Å². The zero-order chi connectivity index (χ0) is 12.4. The summed E-state index contributed by atoms with van der Waals surface area (Å²) in [6, 6.07) is 1.43. The summed E-state index contributed by atoms with van der Waals surface area (Å²) in [4.78, 5) is 30.9. The fourth-order valence-corrected chi connectivity index (χ4v) is 2.61. The van der Waals surface area contributed by atoms with Gasteiger partial charge in [0.15, 0.2) is 5.16 Å². The average Bonchev–Trinajstić information content (AvgIpc) is 2.26. The molecular weight excluding hydrogens is 242 g/mol. The van der Waals surface area contributed by atoms with Gasteiger partial charge < -0.3 is 5.11 Å². The van der Waals surface area contributed by atoms with Crippen LogP contribution in [0.4, 0.5) is 4.79 Å². The standard InChI is InChI=1S/C10H11N3O3S/c1-6(17-9-11-3-2-4-12-9)7-5-8(14)13(7)10(15)16/h2-4,6-7H,5H2,1H3,(H,15,16)/t6-,7+/m0/s1. The van der Waals surface area contributed by atoms with E-state index < -0.39 is 6.09 Å². The van der Waals surface area contributed by atoms with Crippen molar-refractivity contribution in [2.45, 2.75) is 29.8 Å². The number of amides is 2. The molecule has 2 rings (SSSR count). The van der Waals surface area contributed by atoms with Gasteiger partial charge in [-0.1, -0.05) is 18.7 Å². The highest BCUT2D eigenvalue weighted by molar-refractivity contribution is 7.99. The largest absolute Gasteiger partial charge is 0.465 e. The van der Waals surface area contributed by atoms with Crippen LogP contribution in [-0.4, -0.2) is 43.3 Å². The van der Waals surface area contributed by atoms with Crippen LogP contribution in [0.15, 0.2) is 23.6 Å². The van der Waals surface area contributed by atoms with Crippen molar-refractivity contribution in [3.05, 3.63) is 18.5 Å². The third-order valence-electron chi connectivity index (χ3n) is 2.57. The normalized spacial score (nSPS) is 20.9. The Balaban J connectivity index is 2.00. The van der Waals surface area contributed by atoms with Gasteiger partial charge in [-0.25, -0.2) is 19.7 Å². The van der Waals surface area contributed by atoms with Gasteiger partial charge in [0.2, 0.25) is 5.91 Å². The van der Waals surface area contributed by atoms with E-state index in [-0.39, 0.29) is 23.6 Å². The van der Waals surface area contributed by atoms with Gasteiger partial charge >= 0.3 is 6.09 Å². The first-order valence-electron chi connectivity index (χ1n) is 5.08. The maximum absolute atomic E-state index is 11.1. The lowest BCUT2D eigenvalue weighted by Crippen LogP contribution is -2.58. The Morgan fingerprint density at radius 3 is 2.76 bits per heavy atom. The lowest BCUT2D eigenvalue weighted by molar-refractivity contribution is -0.141. The van der Waals surface area contributed by atoms with Crippen LogP contribution in [0, 0.1) is 0 Å². The third-order valence-corrected chi connectivity index (χ3v) is 3.67. The van der Waals surface area contributed by atoms with E-state index in [4.69, 9.17) is 5.11 Å². The predicted molar refractivity (Wildman–Crippen MR) is 60.6 cm³/mol. The number of nitrogens with zero attached hydrogens (tertiary/aromatic N) is 3. The van der Waals surface area contributed by atoms with Crippen LogP contribution >= 0.6 is 11.8 Å². The van der Waals surface area contributed by atoms with Gasteiger partial charge in [0.1, 0.15) is 0 Å². The maximum atomic E-state index is 11.1. The van der Waals surface area contributed by atoms with Crippen molar-refractivity contribution >= 4 is 23.8 Å². The molecule has 2 heterocycles. The predicted octanol–water partition coefficient (Wildman–Crippen LogP) is 1.24. The molecule has 2 atom stereocenters. The Labute approximate surface area is 102 Å². The quantitative estimate of drug-likeness (QED) is 0.495. The second kappa shape index (κ2) is 4.70. The first-order chi connectivity index (χ1) is 8.09. The molecule has 17 heavy (non-hydrogen) atoms. The van der Waals surface area contributed by atoms with Crippen LogP contribution in [0.5, 0.6) is 0 Å². The van der Waals surface area contributed by atoms with Crippen LogP contribution in [0.25, 0.3) is 0 Å². The number of carbonyl (C=O) groups is 2. The Bertz CT molecular complexity index is 432. The van der Waals surface area contributed by atoms with Crippen molar-refractivity contribution in [2.75, 3.05) is 0 Å². The van der Waals surface area contributed by atoms with Gasteiger partial charge in [-0.2, -0.15) is 0 Å². The van der Waals surface area contributed by atoms with Gasteiger partial charge in [-0.05, 0) is 6.07 Å². The van der Waals surface area contributed by atoms with E-state index in [1.807, 2.05) is 6.92 Å². The SMILES string of the molecule is C[C@H](Sc1ncccn1)[C@H]1CC(=O)N1C(=O)O. The topological polar surface area (TPSA) is 83.4 Å². The molecule has 0 radical (unpaired) electrons. The molecule has 2 amide bonds. The molecule has 1 N–H and O–H groups in total. The Morgan fingerprint density at radius 1 is 1.59 bits per heavy atom. The summed E-state index contributed by atoms with van der Waals surface area (Å²) in [6.45, 7) is 1.87. The molecule has 0 spiro atoms. The molecule has 1 fully saturated rings. The highest BCUT2D eigenvalue weighted by atomic mass is 32.2. The minimum Gasteiger partial charge on any atom is -0.465 e. The third kappa shape index (κ3) is 2.38. The number of rotatable bonds is 3. The van der Waals surface area contributed by atoms with Crippen LogP contribution in [0.2, 0.25) is 0 Å². The summed E-state index contributed by atoms with van der Waals surface area (Å²) in [5, 5.41) is 9.39. The van der Waals surface area contributed by atoms with E-state index >= 15 is 0 Å². The monoisotopic (exact) mass is 253 g/mol. The number of hydrogen-bond donors (Lipinski definition) is 1. The van der Waals surface area contributed by atoms with E-state index in [1.54, 1.807) is 18.5 Å². The Hall–Kier alpha value is -1.63. The lowest BCUT2D eigenvalue weighted by Gasteiger charge is -2.39. The summed E-state index contributed by atoms with van der Waals surface area (Å²) < 4.78 is 0. The summed E-state index contributed by atoms with van der Waals surface area (Å²) >= 11 is 1.37. The van der Waals surface area contributed by atoms with Crippen molar-refractivity contribution in [1.29, 1.82) is 0 Å². The van der Waals surface area contributed by atoms with E-state index in [0.717, 1.165) is 4.90 Å². The molecule has 1 aromatic heterocycles. The fourth-order valence-electron chi connectivity index (χ4n) is 1.66. The maximum Gasteiger partial charge on any atom is 0.414 e. The number of carboxylic acid groups (broad SMARTS) is 1. The molecule has 0 aromatic carbocycles. The van der Waals surface area contributed by atoms with E-state index in [9.17, 15) is 9.59 Å². The van der Waals surface area contributed by atoms with Crippen LogP contribution < -0.4 is 0 Å². The number of likely N-dealkylation sites (tertiary alicyclic amines) is 1. The molecule has 0 bridgehead atoms. The second-order valence-electron chi connectivity index (χ2n) is 3.67. The molecule has 1 saturated heterocycles. The number of hydrogen-bond acceptors (Lipinski definition) is 5. The molecule has 0 unspecified atom stereocenters. The van der Waals surface area contributed by atoms with Crippen LogP contribution in [0.1, 0.15) is 13.3 Å². The molecule has 0 saturated carbocycles. The average molecular weight is 253 g/mol. The molecule has 7 heteroatoms. The number of imide groups is 1. The van der Waals surface area contributed by atoms with Crippen LogP contribution in [-0.2, 0) is 4.79 Å². The minimum absolute atomic E-state index is 0.0498. The molecule has 1 aromatic rings. The van der Waals surface area contributed by atoms with Crippen molar-refractivity contribution < 1.29 is 14.7 Å². The fraction of sp³-hybridized carbons (Fsp3) is 0.400. The molecule has 90 valence electrons. The number of thioether (sulfide) groups is 1. The highest BCUT2D eigenvalue weighted by Gasteiger charge is 2.44. The number of carbonyl (C=O) groups excluding carboxylic acids is 1. The molecule has 1 aliphatic rings. The number of aromatic nitrogens is 2. The molecular formula is C10H11N3O3S. The highest BCUT2D eigenvalue weighted by Crippen LogP contribution is 2.31. The summed E-state index contributed by atoms with van der Waals surface area (Å²) in [5.41, 5.74) is 0. The van der Waals surface area contributed by atoms with Crippen molar-refractivity contribution in [2.24, 2.45) is 0 Å². The van der Waals surface area contributed by atoms with Gasteiger partial charge in [0, 0.05) is 24.1 Å². The van der Waals surface area contributed by atoms with Gasteiger partial charge in [0.25, 0.3) is 0 Å². The Morgan fingerprint density at radius 2 is 2.24 bits per heavy atom. The lowest BCUT2D eigenvalue weighted by atomic mass is 10.0. The van der Waals surface area contributed by atoms with Gasteiger partial charge in [-0.15, -0.1) is 0 Å². The molecule has 1 aliphatic heterocycles. The molecule has 0 aliphatic carbocycles. The van der Waals surface area contributed by atoms with Crippen molar-refractivity contribution in [1.82, 2.24) is 14.9 Å². The zero-order valence-corrected chi connectivity index (χ0v) is 9.92. The summed E-state index contributed by atoms with van der Waals surface area (Å²) in [7, 11) is 0. The van der Waals surface area contributed by atoms with E-state index in [0.29, 0.717) is 5.16 Å².